The number of hydrazine groups is 1. The summed E-state index contributed by atoms with van der Waals surface area (Å²) in [5.41, 5.74) is 2.11. The predicted molar refractivity (Wildman–Crippen MR) is 55.7 cm³/mol. The molecular weight excluding hydrogens is 200 g/mol. The minimum Gasteiger partial charge on any atom is -0.468 e. The Balaban J connectivity index is 2.45. The quantitative estimate of drug-likeness (QED) is 0.344. The van der Waals surface area contributed by atoms with Crippen molar-refractivity contribution in [2.45, 2.75) is 30.4 Å². The van der Waals surface area contributed by atoms with Gasteiger partial charge in [0.2, 0.25) is 5.91 Å². The number of hydrogen-bond donors (Lipinski definition) is 2. The third-order valence-corrected chi connectivity index (χ3v) is 3.02. The molecular formula is C9H14N2O2S. The van der Waals surface area contributed by atoms with Crippen molar-refractivity contribution in [3.8, 4) is 0 Å². The van der Waals surface area contributed by atoms with Crippen molar-refractivity contribution in [1.29, 1.82) is 0 Å². The fourth-order valence-electron chi connectivity index (χ4n) is 1.07. The number of furan rings is 1. The molecule has 0 aliphatic heterocycles. The van der Waals surface area contributed by atoms with Crippen molar-refractivity contribution >= 4 is 17.7 Å². The number of hydrogen-bond acceptors (Lipinski definition) is 4. The highest BCUT2D eigenvalue weighted by Crippen LogP contribution is 2.28. The van der Waals surface area contributed by atoms with E-state index < -0.39 is 0 Å². The summed E-state index contributed by atoms with van der Waals surface area (Å²) in [6, 6.07) is 1.90. The molecule has 78 valence electrons. The Morgan fingerprint density at radius 1 is 1.79 bits per heavy atom. The summed E-state index contributed by atoms with van der Waals surface area (Å²) in [6.45, 7) is 3.88. The topological polar surface area (TPSA) is 68.3 Å². The lowest BCUT2D eigenvalue weighted by Crippen LogP contribution is -2.31. The average molecular weight is 214 g/mol. The van der Waals surface area contributed by atoms with Crippen molar-refractivity contribution in [1.82, 2.24) is 5.43 Å². The first kappa shape index (κ1) is 11.1. The van der Waals surface area contributed by atoms with E-state index in [-0.39, 0.29) is 11.2 Å². The molecule has 14 heavy (non-hydrogen) atoms. The summed E-state index contributed by atoms with van der Waals surface area (Å²) in [6.07, 6.45) is 2.05. The Morgan fingerprint density at radius 2 is 2.50 bits per heavy atom. The fraction of sp³-hybridized carbons (Fsp3) is 0.444. The maximum atomic E-state index is 11.0. The monoisotopic (exact) mass is 214 g/mol. The highest BCUT2D eigenvalue weighted by molar-refractivity contribution is 8.00. The molecule has 4 nitrogen and oxygen atoms in total. The lowest BCUT2D eigenvalue weighted by molar-refractivity contribution is -0.121. The van der Waals surface area contributed by atoms with Gasteiger partial charge in [0.05, 0.1) is 6.26 Å². The van der Waals surface area contributed by atoms with Gasteiger partial charge in [0.1, 0.15) is 5.76 Å². The van der Waals surface area contributed by atoms with Crippen LogP contribution in [0.25, 0.3) is 0 Å². The minimum atomic E-state index is -0.147. The third kappa shape index (κ3) is 3.08. The lowest BCUT2D eigenvalue weighted by Gasteiger charge is -2.08. The molecule has 0 aromatic carbocycles. The minimum absolute atomic E-state index is 0.147. The molecule has 3 N–H and O–H groups in total. The summed E-state index contributed by atoms with van der Waals surface area (Å²) in [4.78, 5) is 12.0. The van der Waals surface area contributed by atoms with Crippen LogP contribution in [0, 0.1) is 6.92 Å². The van der Waals surface area contributed by atoms with Crippen LogP contribution in [0.4, 0.5) is 0 Å². The van der Waals surface area contributed by atoms with Gasteiger partial charge >= 0.3 is 0 Å². The first-order chi connectivity index (χ1) is 6.63. The second-order valence-electron chi connectivity index (χ2n) is 3.04. The maximum absolute atomic E-state index is 11.0. The Bertz CT molecular complexity index is 312. The van der Waals surface area contributed by atoms with E-state index in [0.29, 0.717) is 6.42 Å². The molecule has 0 saturated carbocycles. The van der Waals surface area contributed by atoms with E-state index in [2.05, 4.69) is 5.43 Å². The first-order valence-corrected chi connectivity index (χ1v) is 5.21. The molecule has 0 aliphatic carbocycles. The van der Waals surface area contributed by atoms with Gasteiger partial charge in [-0.1, -0.05) is 6.92 Å². The summed E-state index contributed by atoms with van der Waals surface area (Å²) >= 11 is 1.61. The summed E-state index contributed by atoms with van der Waals surface area (Å²) < 4.78 is 5.15. The van der Waals surface area contributed by atoms with E-state index in [1.54, 1.807) is 18.0 Å². The van der Waals surface area contributed by atoms with Gasteiger partial charge in [-0.15, -0.1) is 11.8 Å². The molecule has 1 heterocycles. The van der Waals surface area contributed by atoms with Gasteiger partial charge in [-0.3, -0.25) is 10.2 Å². The van der Waals surface area contributed by atoms with Crippen LogP contribution in [-0.2, 0) is 4.79 Å². The molecule has 0 radical (unpaired) electrons. The summed E-state index contributed by atoms with van der Waals surface area (Å²) in [5, 5.41) is 0.190. The van der Waals surface area contributed by atoms with Crippen molar-refractivity contribution in [3.05, 3.63) is 18.1 Å². The standard InChI is InChI=1S/C9H14N2O2S/c1-6(5-9(12)11-10)14-8-3-4-13-7(8)2/h3-4,6H,5,10H2,1-2H3,(H,11,12). The molecule has 1 rings (SSSR count). The highest BCUT2D eigenvalue weighted by Gasteiger charge is 2.11. The second kappa shape index (κ2) is 5.07. The maximum Gasteiger partial charge on any atom is 0.234 e. The summed E-state index contributed by atoms with van der Waals surface area (Å²) in [7, 11) is 0. The first-order valence-electron chi connectivity index (χ1n) is 4.33. The zero-order valence-corrected chi connectivity index (χ0v) is 9.06. The molecule has 0 bridgehead atoms. The van der Waals surface area contributed by atoms with Crippen LogP contribution in [0.15, 0.2) is 21.6 Å². The number of thioether (sulfide) groups is 1. The predicted octanol–water partition coefficient (Wildman–Crippen LogP) is 1.45. The molecule has 1 aromatic rings. The van der Waals surface area contributed by atoms with E-state index in [1.807, 2.05) is 19.9 Å². The molecule has 1 aromatic heterocycles. The van der Waals surface area contributed by atoms with Gasteiger partial charge in [0, 0.05) is 16.6 Å². The van der Waals surface area contributed by atoms with E-state index in [4.69, 9.17) is 10.3 Å². The van der Waals surface area contributed by atoms with Crippen molar-refractivity contribution < 1.29 is 9.21 Å². The van der Waals surface area contributed by atoms with Gasteiger partial charge in [-0.05, 0) is 13.0 Å². The van der Waals surface area contributed by atoms with Gasteiger partial charge in [0.25, 0.3) is 0 Å². The average Bonchev–Trinajstić information content (AvgIpc) is 2.51. The van der Waals surface area contributed by atoms with Crippen LogP contribution in [0.5, 0.6) is 0 Å². The van der Waals surface area contributed by atoms with Crippen LogP contribution in [0.2, 0.25) is 0 Å². The van der Waals surface area contributed by atoms with Crippen LogP contribution < -0.4 is 11.3 Å². The van der Waals surface area contributed by atoms with Crippen LogP contribution in [0.1, 0.15) is 19.1 Å². The van der Waals surface area contributed by atoms with Crippen LogP contribution in [-0.4, -0.2) is 11.2 Å². The molecule has 5 heteroatoms. The third-order valence-electron chi connectivity index (χ3n) is 1.77. The van der Waals surface area contributed by atoms with Gasteiger partial charge in [0.15, 0.2) is 0 Å². The number of carbonyl (C=O) groups is 1. The molecule has 0 fully saturated rings. The largest absolute Gasteiger partial charge is 0.468 e. The Hall–Kier alpha value is -0.940. The Labute approximate surface area is 87.2 Å². The van der Waals surface area contributed by atoms with E-state index in [9.17, 15) is 4.79 Å². The number of nitrogens with two attached hydrogens (primary N) is 1. The SMILES string of the molecule is Cc1occc1SC(C)CC(=O)NN. The number of aryl methyl sites for hydroxylation is 1. The molecule has 0 saturated heterocycles. The van der Waals surface area contributed by atoms with Crippen LogP contribution >= 0.6 is 11.8 Å². The van der Waals surface area contributed by atoms with Crippen molar-refractivity contribution in [2.24, 2.45) is 5.84 Å². The lowest BCUT2D eigenvalue weighted by atomic mass is 10.3. The molecule has 1 amide bonds. The highest BCUT2D eigenvalue weighted by atomic mass is 32.2. The normalized spacial score (nSPS) is 12.5. The summed E-state index contributed by atoms with van der Waals surface area (Å²) in [5.74, 6) is 5.73. The number of carbonyl (C=O) groups excluding carboxylic acids is 1. The Kier molecular flexibility index (Phi) is 4.03. The van der Waals surface area contributed by atoms with Gasteiger partial charge in [-0.25, -0.2) is 5.84 Å². The van der Waals surface area contributed by atoms with Gasteiger partial charge in [-0.2, -0.15) is 0 Å². The molecule has 1 atom stereocenters. The fourth-order valence-corrected chi connectivity index (χ4v) is 2.09. The number of rotatable bonds is 4. The zero-order chi connectivity index (χ0) is 10.6. The molecule has 1 unspecified atom stereocenters. The Morgan fingerprint density at radius 3 is 3.00 bits per heavy atom. The number of amides is 1. The zero-order valence-electron chi connectivity index (χ0n) is 8.24. The van der Waals surface area contributed by atoms with Crippen LogP contribution in [0.3, 0.4) is 0 Å². The second-order valence-corrected chi connectivity index (χ2v) is 4.52. The smallest absolute Gasteiger partial charge is 0.234 e. The van der Waals surface area contributed by atoms with Crippen molar-refractivity contribution in [2.75, 3.05) is 0 Å². The molecule has 0 spiro atoms. The van der Waals surface area contributed by atoms with Gasteiger partial charge < -0.3 is 4.42 Å². The van der Waals surface area contributed by atoms with E-state index >= 15 is 0 Å². The van der Waals surface area contributed by atoms with E-state index in [0.717, 1.165) is 10.7 Å². The van der Waals surface area contributed by atoms with Crippen molar-refractivity contribution in [3.63, 3.8) is 0 Å². The van der Waals surface area contributed by atoms with E-state index in [1.165, 1.54) is 0 Å². The molecule has 0 aliphatic rings. The number of nitrogens with one attached hydrogen (secondary N) is 1.